The lowest BCUT2D eigenvalue weighted by Gasteiger charge is -2.41. The van der Waals surface area contributed by atoms with Crippen LogP contribution in [0.3, 0.4) is 0 Å². The molecule has 1 aromatic carbocycles. The maximum atomic E-state index is 13.2. The molecule has 0 atom stereocenters. The van der Waals surface area contributed by atoms with Gasteiger partial charge in [0.2, 0.25) is 0 Å². The molecule has 0 heterocycles. The zero-order chi connectivity index (χ0) is 19.2. The highest BCUT2D eigenvalue weighted by Gasteiger charge is 2.33. The number of rotatable bonds is 5. The molecule has 0 bridgehead atoms. The minimum Gasteiger partial charge on any atom is -0.494 e. The summed E-state index contributed by atoms with van der Waals surface area (Å²) in [4.78, 5) is 25.8. The number of anilines is 1. The van der Waals surface area contributed by atoms with Crippen molar-refractivity contribution in [3.63, 3.8) is 0 Å². The second-order valence-corrected chi connectivity index (χ2v) is 7.56. The monoisotopic (exact) mass is 375 g/mol. The molecule has 0 saturated heterocycles. The first-order valence-corrected chi connectivity index (χ1v) is 10.0. The lowest BCUT2D eigenvalue weighted by atomic mass is 9.89. The van der Waals surface area contributed by atoms with Crippen molar-refractivity contribution in [2.45, 2.75) is 76.3 Å². The van der Waals surface area contributed by atoms with Gasteiger partial charge in [-0.1, -0.05) is 38.5 Å². The number of nitro benzene ring substituents is 1. The Morgan fingerprint density at radius 2 is 1.63 bits per heavy atom. The average molecular weight is 375 g/mol. The standard InChI is InChI=1S/C20H29N3O4/c1-27-19-14-17(23(25)26)12-13-18(19)21-20(24)22(15-8-4-2-5-9-15)16-10-6-3-7-11-16/h12-16H,2-11H2,1H3,(H,21,24). The van der Waals surface area contributed by atoms with E-state index < -0.39 is 4.92 Å². The third-order valence-electron chi connectivity index (χ3n) is 5.81. The van der Waals surface area contributed by atoms with Gasteiger partial charge in [-0.15, -0.1) is 0 Å². The summed E-state index contributed by atoms with van der Waals surface area (Å²) in [6.45, 7) is 0. The molecule has 0 spiro atoms. The van der Waals surface area contributed by atoms with Crippen molar-refractivity contribution in [3.8, 4) is 5.75 Å². The number of hydrogen-bond donors (Lipinski definition) is 1. The average Bonchev–Trinajstić information content (AvgIpc) is 2.70. The van der Waals surface area contributed by atoms with Crippen LogP contribution in [0.2, 0.25) is 0 Å². The summed E-state index contributed by atoms with van der Waals surface area (Å²) in [5.41, 5.74) is 0.422. The first-order chi connectivity index (χ1) is 13.1. The van der Waals surface area contributed by atoms with E-state index in [0.717, 1.165) is 25.7 Å². The summed E-state index contributed by atoms with van der Waals surface area (Å²) in [7, 11) is 1.45. The number of ether oxygens (including phenoxy) is 1. The van der Waals surface area contributed by atoms with E-state index in [1.165, 1.54) is 57.8 Å². The van der Waals surface area contributed by atoms with Crippen LogP contribution in [0.5, 0.6) is 5.75 Å². The van der Waals surface area contributed by atoms with Gasteiger partial charge in [-0.25, -0.2) is 4.79 Å². The molecule has 3 rings (SSSR count). The molecule has 2 aliphatic rings. The molecule has 7 nitrogen and oxygen atoms in total. The van der Waals surface area contributed by atoms with Crippen molar-refractivity contribution in [1.29, 1.82) is 0 Å². The van der Waals surface area contributed by atoms with Crippen LogP contribution < -0.4 is 10.1 Å². The Labute approximate surface area is 160 Å². The lowest BCUT2D eigenvalue weighted by Crippen LogP contribution is -2.50. The van der Waals surface area contributed by atoms with Gasteiger partial charge in [-0.3, -0.25) is 10.1 Å². The van der Waals surface area contributed by atoms with Crippen LogP contribution in [-0.2, 0) is 0 Å². The molecule has 0 unspecified atom stereocenters. The number of urea groups is 1. The highest BCUT2D eigenvalue weighted by Crippen LogP contribution is 2.33. The molecular formula is C20H29N3O4. The van der Waals surface area contributed by atoms with E-state index in [1.54, 1.807) is 6.07 Å². The smallest absolute Gasteiger partial charge is 0.322 e. The highest BCUT2D eigenvalue weighted by molar-refractivity contribution is 5.91. The molecular weight excluding hydrogens is 346 g/mol. The number of nitrogens with one attached hydrogen (secondary N) is 1. The summed E-state index contributed by atoms with van der Waals surface area (Å²) >= 11 is 0. The van der Waals surface area contributed by atoms with Crippen molar-refractivity contribution in [2.75, 3.05) is 12.4 Å². The maximum absolute atomic E-state index is 13.2. The van der Waals surface area contributed by atoms with Gasteiger partial charge in [-0.05, 0) is 31.7 Å². The quantitative estimate of drug-likeness (QED) is 0.573. The van der Waals surface area contributed by atoms with Crippen molar-refractivity contribution in [1.82, 2.24) is 4.90 Å². The van der Waals surface area contributed by atoms with E-state index in [2.05, 4.69) is 10.2 Å². The Hall–Kier alpha value is -2.31. The number of non-ortho nitro benzene ring substituents is 1. The fourth-order valence-electron chi connectivity index (χ4n) is 4.42. The van der Waals surface area contributed by atoms with Crippen molar-refractivity contribution < 1.29 is 14.5 Å². The van der Waals surface area contributed by atoms with E-state index >= 15 is 0 Å². The van der Waals surface area contributed by atoms with Gasteiger partial charge in [-0.2, -0.15) is 0 Å². The topological polar surface area (TPSA) is 84.7 Å². The van der Waals surface area contributed by atoms with Gasteiger partial charge in [0.05, 0.1) is 23.8 Å². The Morgan fingerprint density at radius 3 is 2.11 bits per heavy atom. The van der Waals surface area contributed by atoms with E-state index in [1.807, 2.05) is 0 Å². The number of methoxy groups -OCH3 is 1. The normalized spacial score (nSPS) is 18.7. The Bertz CT molecular complexity index is 649. The number of amides is 2. The largest absolute Gasteiger partial charge is 0.494 e. The number of nitro groups is 1. The third kappa shape index (κ3) is 4.70. The molecule has 1 N–H and O–H groups in total. The Morgan fingerprint density at radius 1 is 1.07 bits per heavy atom. The second-order valence-electron chi connectivity index (χ2n) is 7.56. The number of benzene rings is 1. The summed E-state index contributed by atoms with van der Waals surface area (Å²) < 4.78 is 5.27. The van der Waals surface area contributed by atoms with Crippen LogP contribution in [0.1, 0.15) is 64.2 Å². The molecule has 2 amide bonds. The van der Waals surface area contributed by atoms with Gasteiger partial charge in [0.25, 0.3) is 5.69 Å². The Balaban J connectivity index is 1.80. The molecule has 0 aromatic heterocycles. The molecule has 27 heavy (non-hydrogen) atoms. The van der Waals surface area contributed by atoms with Crippen molar-refractivity contribution in [3.05, 3.63) is 28.3 Å². The third-order valence-corrected chi connectivity index (χ3v) is 5.81. The number of carbonyl (C=O) groups is 1. The highest BCUT2D eigenvalue weighted by atomic mass is 16.6. The molecule has 148 valence electrons. The van der Waals surface area contributed by atoms with E-state index in [0.29, 0.717) is 11.4 Å². The molecule has 2 aliphatic carbocycles. The van der Waals surface area contributed by atoms with Crippen LogP contribution in [-0.4, -0.2) is 35.0 Å². The Kier molecular flexibility index (Phi) is 6.53. The van der Waals surface area contributed by atoms with Gasteiger partial charge >= 0.3 is 6.03 Å². The molecule has 0 radical (unpaired) electrons. The van der Waals surface area contributed by atoms with Crippen LogP contribution in [0, 0.1) is 10.1 Å². The summed E-state index contributed by atoms with van der Waals surface area (Å²) in [5.74, 6) is 0.310. The first-order valence-electron chi connectivity index (χ1n) is 10.0. The van der Waals surface area contributed by atoms with Crippen LogP contribution >= 0.6 is 0 Å². The number of nitrogens with zero attached hydrogens (tertiary/aromatic N) is 2. The summed E-state index contributed by atoms with van der Waals surface area (Å²) in [6, 6.07) is 4.75. The number of carbonyl (C=O) groups excluding carboxylic acids is 1. The van der Waals surface area contributed by atoms with Crippen molar-refractivity contribution in [2.24, 2.45) is 0 Å². The lowest BCUT2D eigenvalue weighted by molar-refractivity contribution is -0.384. The van der Waals surface area contributed by atoms with Gasteiger partial charge < -0.3 is 15.0 Å². The van der Waals surface area contributed by atoms with Crippen LogP contribution in [0.4, 0.5) is 16.2 Å². The molecule has 0 aliphatic heterocycles. The van der Waals surface area contributed by atoms with Crippen molar-refractivity contribution >= 4 is 17.4 Å². The predicted octanol–water partition coefficient (Wildman–Crippen LogP) is 5.10. The molecule has 1 aromatic rings. The van der Waals surface area contributed by atoms with Crippen LogP contribution in [0.25, 0.3) is 0 Å². The van der Waals surface area contributed by atoms with Gasteiger partial charge in [0, 0.05) is 18.2 Å². The number of hydrogen-bond acceptors (Lipinski definition) is 4. The van der Waals surface area contributed by atoms with E-state index in [4.69, 9.17) is 4.74 Å². The molecule has 2 saturated carbocycles. The molecule has 2 fully saturated rings. The van der Waals surface area contributed by atoms with E-state index in [9.17, 15) is 14.9 Å². The van der Waals surface area contributed by atoms with Gasteiger partial charge in [0.15, 0.2) is 0 Å². The molecule has 7 heteroatoms. The first kappa shape index (κ1) is 19.5. The fraction of sp³-hybridized carbons (Fsp3) is 0.650. The SMILES string of the molecule is COc1cc([N+](=O)[O-])ccc1NC(=O)N(C1CCCCC1)C1CCCCC1. The summed E-state index contributed by atoms with van der Waals surface area (Å²) in [5, 5.41) is 13.9. The maximum Gasteiger partial charge on any atom is 0.322 e. The minimum atomic E-state index is -0.468. The zero-order valence-electron chi connectivity index (χ0n) is 16.0. The predicted molar refractivity (Wildman–Crippen MR) is 104 cm³/mol. The minimum absolute atomic E-state index is 0.0544. The van der Waals surface area contributed by atoms with Crippen LogP contribution in [0.15, 0.2) is 18.2 Å². The zero-order valence-corrected chi connectivity index (χ0v) is 16.0. The van der Waals surface area contributed by atoms with E-state index in [-0.39, 0.29) is 23.8 Å². The second kappa shape index (κ2) is 9.06. The summed E-state index contributed by atoms with van der Waals surface area (Å²) in [6.07, 6.45) is 11.4. The fourth-order valence-corrected chi connectivity index (χ4v) is 4.42. The van der Waals surface area contributed by atoms with Gasteiger partial charge in [0.1, 0.15) is 5.75 Å².